The smallest absolute Gasteiger partial charge is 0.211 e. The first-order valence-electron chi connectivity index (χ1n) is 3.86. The maximum Gasteiger partial charge on any atom is 0.263 e. The van der Waals surface area contributed by atoms with Gasteiger partial charge < -0.3 is 0 Å². The van der Waals surface area contributed by atoms with Crippen molar-refractivity contribution in [3.8, 4) is 0 Å². The van der Waals surface area contributed by atoms with Crippen molar-refractivity contribution in [1.29, 1.82) is 0 Å². The zero-order valence-corrected chi connectivity index (χ0v) is 7.31. The maximum absolute atomic E-state index is 13.0. The first-order valence-corrected chi connectivity index (χ1v) is 3.86. The van der Waals surface area contributed by atoms with Crippen LogP contribution in [0.2, 0.25) is 0 Å². The summed E-state index contributed by atoms with van der Waals surface area (Å²) in [6.07, 6.45) is -1.79. The van der Waals surface area contributed by atoms with E-state index >= 15 is 0 Å². The van der Waals surface area contributed by atoms with Crippen LogP contribution in [0.15, 0.2) is 17.1 Å². The molecule has 1 aromatic rings. The van der Waals surface area contributed by atoms with Crippen LogP contribution < -0.4 is 0 Å². The number of rotatable bonds is 3. The van der Waals surface area contributed by atoms with Crippen LogP contribution >= 0.6 is 0 Å². The fraction of sp³-hybridized carbons (Fsp3) is 0.222. The minimum absolute atomic E-state index is 0.395. The summed E-state index contributed by atoms with van der Waals surface area (Å²) < 4.78 is 50.1. The van der Waals surface area contributed by atoms with E-state index in [-0.39, 0.29) is 0 Å². The molecule has 1 rings (SSSR count). The van der Waals surface area contributed by atoms with Crippen LogP contribution in [0.4, 0.5) is 17.6 Å². The molecule has 2 nitrogen and oxygen atoms in total. The molecule has 0 saturated carbocycles. The number of alkyl halides is 2. The van der Waals surface area contributed by atoms with E-state index in [1.807, 2.05) is 0 Å². The molecule has 0 N–H and O–H groups in total. The van der Waals surface area contributed by atoms with E-state index in [1.165, 1.54) is 0 Å². The Kier molecular flexibility index (Phi) is 3.57. The van der Waals surface area contributed by atoms with Gasteiger partial charge in [0.05, 0.1) is 6.54 Å². The molecule has 0 atom stereocenters. The van der Waals surface area contributed by atoms with Gasteiger partial charge in [-0.1, -0.05) is 0 Å². The minimum Gasteiger partial charge on any atom is -0.211 e. The number of benzene rings is 1. The SMILES string of the molecule is O=C=NCc1cc(C(F)F)cc(F)c1F. The zero-order chi connectivity index (χ0) is 11.4. The van der Waals surface area contributed by atoms with Gasteiger partial charge in [0, 0.05) is 11.1 Å². The van der Waals surface area contributed by atoms with Crippen LogP contribution in [0.3, 0.4) is 0 Å². The summed E-state index contributed by atoms with van der Waals surface area (Å²) in [5.74, 6) is -2.66. The highest BCUT2D eigenvalue weighted by Crippen LogP contribution is 2.23. The predicted octanol–water partition coefficient (Wildman–Crippen LogP) is 2.74. The summed E-state index contributed by atoms with van der Waals surface area (Å²) in [7, 11) is 0. The number of carbonyl (C=O) groups excluding carboxylic acids is 1. The second-order valence-electron chi connectivity index (χ2n) is 2.68. The van der Waals surface area contributed by atoms with Gasteiger partial charge in [-0.2, -0.15) is 0 Å². The highest BCUT2D eigenvalue weighted by Gasteiger charge is 2.15. The average molecular weight is 219 g/mol. The highest BCUT2D eigenvalue weighted by atomic mass is 19.3. The zero-order valence-electron chi connectivity index (χ0n) is 7.31. The Labute approximate surface area is 82.2 Å². The van der Waals surface area contributed by atoms with Gasteiger partial charge in [0.1, 0.15) is 0 Å². The Morgan fingerprint density at radius 1 is 1.33 bits per heavy atom. The molecule has 15 heavy (non-hydrogen) atoms. The molecule has 80 valence electrons. The number of halogens is 4. The third kappa shape index (κ3) is 2.63. The molecule has 0 radical (unpaired) electrons. The predicted molar refractivity (Wildman–Crippen MR) is 43.1 cm³/mol. The lowest BCUT2D eigenvalue weighted by atomic mass is 10.1. The molecule has 0 bridgehead atoms. The van der Waals surface area contributed by atoms with Crippen LogP contribution in [-0.2, 0) is 11.3 Å². The summed E-state index contributed by atoms with van der Waals surface area (Å²) >= 11 is 0. The Morgan fingerprint density at radius 3 is 2.53 bits per heavy atom. The Hall–Kier alpha value is -1.68. The van der Waals surface area contributed by atoms with Crippen molar-refractivity contribution in [3.05, 3.63) is 34.9 Å². The molecule has 6 heteroatoms. The molecule has 0 spiro atoms. The molecule has 0 aliphatic rings. The van der Waals surface area contributed by atoms with Crippen LogP contribution in [0, 0.1) is 11.6 Å². The molecule has 0 aromatic heterocycles. The topological polar surface area (TPSA) is 29.4 Å². The Balaban J connectivity index is 3.18. The van der Waals surface area contributed by atoms with Crippen molar-refractivity contribution in [2.45, 2.75) is 13.0 Å². The van der Waals surface area contributed by atoms with Crippen LogP contribution in [-0.4, -0.2) is 6.08 Å². The third-order valence-corrected chi connectivity index (χ3v) is 1.69. The lowest BCUT2D eigenvalue weighted by Gasteiger charge is -2.04. The fourth-order valence-corrected chi connectivity index (χ4v) is 1.03. The number of hydrogen-bond acceptors (Lipinski definition) is 2. The van der Waals surface area contributed by atoms with Crippen molar-refractivity contribution >= 4 is 6.08 Å². The number of nitrogens with zero attached hydrogens (tertiary/aromatic N) is 1. The lowest BCUT2D eigenvalue weighted by molar-refractivity contribution is 0.150. The summed E-state index contributed by atoms with van der Waals surface area (Å²) in [5, 5.41) is 0. The molecule has 0 aliphatic carbocycles. The summed E-state index contributed by atoms with van der Waals surface area (Å²) in [6, 6.07) is 1.18. The van der Waals surface area contributed by atoms with Gasteiger partial charge in [-0.3, -0.25) is 0 Å². The lowest BCUT2D eigenvalue weighted by Crippen LogP contribution is -1.97. The quantitative estimate of drug-likeness (QED) is 0.436. The van der Waals surface area contributed by atoms with E-state index in [0.29, 0.717) is 6.07 Å². The first kappa shape index (κ1) is 11.4. The standard InChI is InChI=1S/C9H5F4NO/c10-7-2-5(9(12)13)1-6(8(7)11)3-14-4-15/h1-2,9H,3H2. The normalized spacial score (nSPS) is 10.2. The van der Waals surface area contributed by atoms with E-state index < -0.39 is 35.7 Å². The Morgan fingerprint density at radius 2 is 2.00 bits per heavy atom. The number of isocyanates is 1. The molecule has 0 unspecified atom stereocenters. The van der Waals surface area contributed by atoms with E-state index in [9.17, 15) is 22.4 Å². The van der Waals surface area contributed by atoms with Crippen molar-refractivity contribution in [2.75, 3.05) is 0 Å². The second kappa shape index (κ2) is 4.70. The van der Waals surface area contributed by atoms with Crippen LogP contribution in [0.1, 0.15) is 17.6 Å². The van der Waals surface area contributed by atoms with Gasteiger partial charge >= 0.3 is 0 Å². The molecule has 0 saturated heterocycles. The molecule has 0 heterocycles. The monoisotopic (exact) mass is 219 g/mol. The summed E-state index contributed by atoms with van der Waals surface area (Å²) in [6.45, 7) is -0.507. The molecule has 0 amide bonds. The van der Waals surface area contributed by atoms with E-state index in [1.54, 1.807) is 0 Å². The van der Waals surface area contributed by atoms with Crippen LogP contribution in [0.25, 0.3) is 0 Å². The highest BCUT2D eigenvalue weighted by molar-refractivity contribution is 5.34. The van der Waals surface area contributed by atoms with Gasteiger partial charge in [0.15, 0.2) is 11.6 Å². The van der Waals surface area contributed by atoms with Gasteiger partial charge in [-0.25, -0.2) is 27.3 Å². The fourth-order valence-electron chi connectivity index (χ4n) is 1.03. The number of hydrogen-bond donors (Lipinski definition) is 0. The van der Waals surface area contributed by atoms with E-state index in [2.05, 4.69) is 4.99 Å². The molecule has 0 aliphatic heterocycles. The van der Waals surface area contributed by atoms with Gasteiger partial charge in [0.2, 0.25) is 6.08 Å². The van der Waals surface area contributed by atoms with Crippen molar-refractivity contribution in [1.82, 2.24) is 0 Å². The first-order chi connectivity index (χ1) is 7.06. The third-order valence-electron chi connectivity index (χ3n) is 1.69. The molecular formula is C9H5F4NO. The largest absolute Gasteiger partial charge is 0.263 e. The molecule has 0 fully saturated rings. The summed E-state index contributed by atoms with van der Waals surface area (Å²) in [5.41, 5.74) is -1.04. The van der Waals surface area contributed by atoms with Crippen molar-refractivity contribution in [3.63, 3.8) is 0 Å². The molecular weight excluding hydrogens is 214 g/mol. The maximum atomic E-state index is 13.0. The Bertz CT molecular complexity index is 413. The second-order valence-corrected chi connectivity index (χ2v) is 2.68. The van der Waals surface area contributed by atoms with Gasteiger partial charge in [0.25, 0.3) is 6.43 Å². The summed E-state index contributed by atoms with van der Waals surface area (Å²) in [4.78, 5) is 12.7. The van der Waals surface area contributed by atoms with Gasteiger partial charge in [-0.05, 0) is 12.1 Å². The number of aliphatic imine (C=N–C) groups is 1. The van der Waals surface area contributed by atoms with Crippen molar-refractivity contribution < 1.29 is 22.4 Å². The van der Waals surface area contributed by atoms with E-state index in [0.717, 1.165) is 12.1 Å². The van der Waals surface area contributed by atoms with Crippen LogP contribution in [0.5, 0.6) is 0 Å². The van der Waals surface area contributed by atoms with Gasteiger partial charge in [-0.15, -0.1) is 0 Å². The minimum atomic E-state index is -2.90. The van der Waals surface area contributed by atoms with E-state index in [4.69, 9.17) is 0 Å². The van der Waals surface area contributed by atoms with Crippen molar-refractivity contribution in [2.24, 2.45) is 4.99 Å². The molecule has 1 aromatic carbocycles. The average Bonchev–Trinajstić information content (AvgIpc) is 2.19.